The van der Waals surface area contributed by atoms with E-state index >= 15 is 0 Å². The fourth-order valence-corrected chi connectivity index (χ4v) is 4.68. The second-order valence-electron chi connectivity index (χ2n) is 7.18. The summed E-state index contributed by atoms with van der Waals surface area (Å²) in [6, 6.07) is 5.95. The maximum atomic E-state index is 12.9. The van der Waals surface area contributed by atoms with Gasteiger partial charge in [0.15, 0.2) is 5.82 Å². The molecule has 1 saturated heterocycles. The zero-order chi connectivity index (χ0) is 19.6. The molecule has 1 fully saturated rings. The average Bonchev–Trinajstić information content (AvgIpc) is 3.14. The Bertz CT molecular complexity index is 886. The van der Waals surface area contributed by atoms with Gasteiger partial charge in [0.25, 0.3) is 5.91 Å². The van der Waals surface area contributed by atoms with Gasteiger partial charge < -0.3 is 20.3 Å². The van der Waals surface area contributed by atoms with Crippen LogP contribution in [-0.2, 0) is 4.74 Å². The number of carbonyl (C=O) groups excluding carboxylic acids is 1. The number of nitrogens with zero attached hydrogens (tertiary/aromatic N) is 3. The first-order valence-electron chi connectivity index (χ1n) is 9.50. The molecule has 2 N–H and O–H groups in total. The molecule has 0 radical (unpaired) electrons. The Morgan fingerprint density at radius 2 is 2.21 bits per heavy atom. The van der Waals surface area contributed by atoms with Crippen molar-refractivity contribution in [3.63, 3.8) is 0 Å². The molecule has 0 bridgehead atoms. The molecule has 2 aromatic heterocycles. The maximum absolute atomic E-state index is 12.9. The number of amides is 1. The highest BCUT2D eigenvalue weighted by atomic mass is 32.1. The predicted molar refractivity (Wildman–Crippen MR) is 113 cm³/mol. The highest BCUT2D eigenvalue weighted by molar-refractivity contribution is 7.12. The Hall–Kier alpha value is -2.45. The second-order valence-corrected chi connectivity index (χ2v) is 8.10. The number of ether oxygens (including phenoxy) is 1. The van der Waals surface area contributed by atoms with Crippen molar-refractivity contribution in [1.29, 1.82) is 0 Å². The van der Waals surface area contributed by atoms with Crippen molar-refractivity contribution in [3.8, 4) is 0 Å². The summed E-state index contributed by atoms with van der Waals surface area (Å²) in [6.45, 7) is 4.51. The number of hydrogen-bond donors (Lipinski definition) is 2. The van der Waals surface area contributed by atoms with Gasteiger partial charge in [-0.05, 0) is 48.9 Å². The van der Waals surface area contributed by atoms with Crippen molar-refractivity contribution in [2.75, 3.05) is 44.0 Å². The molecular formula is C20H25N5O2S. The van der Waals surface area contributed by atoms with E-state index in [1.54, 1.807) is 13.3 Å². The van der Waals surface area contributed by atoms with Crippen LogP contribution in [0.15, 0.2) is 34.8 Å². The Labute approximate surface area is 168 Å². The summed E-state index contributed by atoms with van der Waals surface area (Å²) in [5, 5.41) is 9.06. The summed E-state index contributed by atoms with van der Waals surface area (Å²) in [5.74, 6) is 1.80. The lowest BCUT2D eigenvalue weighted by Gasteiger charge is -2.46. The van der Waals surface area contributed by atoms with Crippen molar-refractivity contribution in [3.05, 3.63) is 40.2 Å². The topological polar surface area (TPSA) is 78.8 Å². The number of pyridine rings is 1. The average molecular weight is 400 g/mol. The van der Waals surface area contributed by atoms with Crippen molar-refractivity contribution in [1.82, 2.24) is 9.88 Å². The van der Waals surface area contributed by atoms with Crippen molar-refractivity contribution in [2.45, 2.75) is 25.3 Å². The summed E-state index contributed by atoms with van der Waals surface area (Å²) < 4.78 is 5.16. The minimum atomic E-state index is -0.314. The number of aromatic nitrogens is 1. The van der Waals surface area contributed by atoms with Crippen LogP contribution < -0.4 is 10.6 Å². The molecule has 0 aromatic carbocycles. The molecular weight excluding hydrogens is 374 g/mol. The molecule has 4 heterocycles. The molecule has 2 aliphatic rings. The lowest BCUT2D eigenvalue weighted by atomic mass is 9.84. The zero-order valence-corrected chi connectivity index (χ0v) is 17.0. The number of amidine groups is 1. The fourth-order valence-electron chi connectivity index (χ4n) is 3.78. The maximum Gasteiger partial charge on any atom is 0.264 e. The van der Waals surface area contributed by atoms with Gasteiger partial charge in [-0.1, -0.05) is 0 Å². The van der Waals surface area contributed by atoms with Gasteiger partial charge in [0.1, 0.15) is 5.84 Å². The molecule has 28 heavy (non-hydrogen) atoms. The summed E-state index contributed by atoms with van der Waals surface area (Å²) >= 11 is 1.52. The van der Waals surface area contributed by atoms with Gasteiger partial charge in [0.2, 0.25) is 0 Å². The Morgan fingerprint density at radius 1 is 1.39 bits per heavy atom. The summed E-state index contributed by atoms with van der Waals surface area (Å²) in [7, 11) is 1.68. The van der Waals surface area contributed by atoms with Gasteiger partial charge in [0, 0.05) is 26.4 Å². The van der Waals surface area contributed by atoms with Gasteiger partial charge in [-0.3, -0.25) is 9.79 Å². The fraction of sp³-hybridized carbons (Fsp3) is 0.450. The number of thiophene rings is 1. The molecule has 0 unspecified atom stereocenters. The number of piperidine rings is 1. The number of nitrogens with one attached hydrogen (secondary N) is 2. The smallest absolute Gasteiger partial charge is 0.264 e. The number of fused-ring (bicyclic) bond motifs is 1. The largest absolute Gasteiger partial charge is 0.383 e. The van der Waals surface area contributed by atoms with Crippen LogP contribution >= 0.6 is 11.3 Å². The standard InChI is InChI=1S/C20H25N5O2S/c1-14-5-13-28-16(14)18(26)25-10-6-20(7-11-25)19(22-9-12-27-2)23-17-15(24-20)4-3-8-21-17/h3-5,8,13,24H,6-7,9-12H2,1-2H3,(H,21,22,23). The first kappa shape index (κ1) is 18.9. The number of likely N-dealkylation sites (tertiary alicyclic amines) is 1. The lowest BCUT2D eigenvalue weighted by Crippen LogP contribution is -2.59. The van der Waals surface area contributed by atoms with E-state index < -0.39 is 0 Å². The van der Waals surface area contributed by atoms with E-state index in [1.165, 1.54) is 11.3 Å². The number of aliphatic imine (C=N–C) groups is 1. The normalized spacial score (nSPS) is 19.2. The van der Waals surface area contributed by atoms with Crippen LogP contribution in [0, 0.1) is 6.92 Å². The van der Waals surface area contributed by atoms with E-state index in [9.17, 15) is 4.79 Å². The van der Waals surface area contributed by atoms with E-state index in [-0.39, 0.29) is 11.4 Å². The third-order valence-corrected chi connectivity index (χ3v) is 6.40. The highest BCUT2D eigenvalue weighted by Crippen LogP contribution is 2.36. The molecule has 8 heteroatoms. The predicted octanol–water partition coefficient (Wildman–Crippen LogP) is 3.01. The number of rotatable bonds is 4. The third-order valence-electron chi connectivity index (χ3n) is 5.40. The Kier molecular flexibility index (Phi) is 5.32. The highest BCUT2D eigenvalue weighted by Gasteiger charge is 2.43. The molecule has 0 aliphatic carbocycles. The molecule has 2 aliphatic heterocycles. The van der Waals surface area contributed by atoms with E-state index in [2.05, 4.69) is 15.6 Å². The number of carbonyl (C=O) groups is 1. The van der Waals surface area contributed by atoms with Crippen LogP contribution in [0.1, 0.15) is 28.1 Å². The number of hydrogen-bond acceptors (Lipinski definition) is 6. The van der Waals surface area contributed by atoms with Crippen molar-refractivity contribution >= 4 is 34.6 Å². The van der Waals surface area contributed by atoms with Crippen LogP contribution in [0.3, 0.4) is 0 Å². The molecule has 0 atom stereocenters. The first-order valence-corrected chi connectivity index (χ1v) is 10.4. The molecule has 1 amide bonds. The monoisotopic (exact) mass is 399 g/mol. The molecule has 7 nitrogen and oxygen atoms in total. The molecule has 1 spiro atoms. The minimum absolute atomic E-state index is 0.131. The van der Waals surface area contributed by atoms with E-state index in [0.717, 1.165) is 40.6 Å². The molecule has 0 saturated carbocycles. The first-order chi connectivity index (χ1) is 13.6. The van der Waals surface area contributed by atoms with Crippen LogP contribution in [0.25, 0.3) is 0 Å². The van der Waals surface area contributed by atoms with Crippen molar-refractivity contribution < 1.29 is 9.53 Å². The van der Waals surface area contributed by atoms with Crippen LogP contribution in [0.4, 0.5) is 11.5 Å². The quantitative estimate of drug-likeness (QED) is 0.773. The Balaban J connectivity index is 1.55. The summed E-state index contributed by atoms with van der Waals surface area (Å²) in [5.41, 5.74) is 1.71. The molecule has 4 rings (SSSR count). The van der Waals surface area contributed by atoms with Crippen LogP contribution in [0.5, 0.6) is 0 Å². The summed E-state index contributed by atoms with van der Waals surface area (Å²) in [6.07, 6.45) is 3.34. The summed E-state index contributed by atoms with van der Waals surface area (Å²) in [4.78, 5) is 24.9. The number of methoxy groups -OCH3 is 1. The van der Waals surface area contributed by atoms with Gasteiger partial charge in [-0.15, -0.1) is 11.3 Å². The van der Waals surface area contributed by atoms with E-state index in [1.807, 2.05) is 35.4 Å². The second kappa shape index (κ2) is 7.89. The molecule has 148 valence electrons. The SMILES string of the molecule is COCCN=C1Nc2ncccc2NC12CCN(C(=O)c1sccc1C)CC2. The minimum Gasteiger partial charge on any atom is -0.383 e. The third kappa shape index (κ3) is 3.49. The number of anilines is 2. The lowest BCUT2D eigenvalue weighted by molar-refractivity contribution is 0.0709. The zero-order valence-electron chi connectivity index (χ0n) is 16.2. The van der Waals surface area contributed by atoms with Gasteiger partial charge in [-0.2, -0.15) is 0 Å². The number of aryl methyl sites for hydroxylation is 1. The van der Waals surface area contributed by atoms with Gasteiger partial charge in [-0.25, -0.2) is 4.98 Å². The Morgan fingerprint density at radius 3 is 2.93 bits per heavy atom. The van der Waals surface area contributed by atoms with E-state index in [0.29, 0.717) is 26.2 Å². The van der Waals surface area contributed by atoms with Gasteiger partial charge in [0.05, 0.1) is 29.3 Å². The van der Waals surface area contributed by atoms with Gasteiger partial charge >= 0.3 is 0 Å². The van der Waals surface area contributed by atoms with Crippen LogP contribution in [0.2, 0.25) is 0 Å². The van der Waals surface area contributed by atoms with E-state index in [4.69, 9.17) is 9.73 Å². The molecule has 2 aromatic rings. The van der Waals surface area contributed by atoms with Crippen molar-refractivity contribution in [2.24, 2.45) is 4.99 Å². The van der Waals surface area contributed by atoms with Crippen LogP contribution in [-0.4, -0.2) is 60.5 Å².